The standard InChI is InChI=1S/C66H93N9O20S/c1-13-15-27-75(12,34-50(78)72-53(37(5)14-2)61(86)73(11)45(36(3)4)31-48(92-39(7)76)60-71-44(35-96-60)58(84)69-42(28-38(6)62(87)88)29-40-19-17-16-18-20-40)33-41-21-22-47(93-64-56(83)54(81)55(82)57(94-64)63(89)90)43(30-41)70-49(77)25-26-67-59(85)46(74-51(79)23-24-52(74)80)32-68-65(91)95-66(8,9)10/h16-24,30,35-38,42,45-46,48,53-57,64,81-83H,13-15,25-29,31-34H2,1-12H3,(H6-,67,68,69,70,72,77,78,84,85,87,88,89,90,91)/p+1/t37-,38-,42+,45+,46-,48+,53-,54-,55-,56+,57-,64+,75?/m0/s1. The van der Waals surface area contributed by atoms with E-state index in [0.29, 0.717) is 42.7 Å². The van der Waals surface area contributed by atoms with E-state index in [4.69, 9.17) is 18.9 Å². The molecule has 29 nitrogen and oxygen atoms in total. The Labute approximate surface area is 562 Å². The zero-order valence-electron chi connectivity index (χ0n) is 56.4. The molecule has 0 saturated carbocycles. The average Bonchev–Trinajstić information content (AvgIpc) is 1.09. The Bertz CT molecular complexity index is 3250. The van der Waals surface area contributed by atoms with Crippen molar-refractivity contribution in [2.24, 2.45) is 17.8 Å². The van der Waals surface area contributed by atoms with Crippen LogP contribution in [0.3, 0.4) is 0 Å². The van der Waals surface area contributed by atoms with Crippen molar-refractivity contribution in [3.05, 3.63) is 87.9 Å². The number of thiazole rings is 1. The van der Waals surface area contributed by atoms with E-state index < -0.39 is 163 Å². The summed E-state index contributed by atoms with van der Waals surface area (Å²) in [4.78, 5) is 152. The van der Waals surface area contributed by atoms with E-state index in [1.807, 2.05) is 72.0 Å². The van der Waals surface area contributed by atoms with E-state index in [2.05, 4.69) is 31.6 Å². The minimum atomic E-state index is -2.05. The Balaban J connectivity index is 1.37. The van der Waals surface area contributed by atoms with Crippen LogP contribution in [-0.4, -0.2) is 211 Å². The number of anilines is 1. The van der Waals surface area contributed by atoms with Crippen LogP contribution in [0.25, 0.3) is 0 Å². The van der Waals surface area contributed by atoms with Gasteiger partial charge in [-0.25, -0.2) is 14.6 Å². The second-order valence-corrected chi connectivity index (χ2v) is 26.9. The third kappa shape index (κ3) is 22.9. The number of unbranched alkanes of at least 4 members (excludes halogenated alkanes) is 1. The van der Waals surface area contributed by atoms with Crippen molar-refractivity contribution < 1.29 is 102 Å². The van der Waals surface area contributed by atoms with Crippen molar-refractivity contribution >= 4 is 82.4 Å². The Hall–Kier alpha value is -8.42. The molecule has 30 heteroatoms. The van der Waals surface area contributed by atoms with Gasteiger partial charge < -0.3 is 80.4 Å². The van der Waals surface area contributed by atoms with Crippen molar-refractivity contribution in [3.63, 3.8) is 0 Å². The molecule has 3 heterocycles. The molecule has 5 rings (SSSR count). The van der Waals surface area contributed by atoms with Crippen molar-refractivity contribution in [1.29, 1.82) is 0 Å². The Morgan fingerprint density at radius 3 is 2.11 bits per heavy atom. The van der Waals surface area contributed by atoms with Crippen LogP contribution in [0, 0.1) is 17.8 Å². The normalized spacial score (nSPS) is 19.9. The molecular formula is C66H94N9O20S+. The number of carboxylic acids is 2. The van der Waals surface area contributed by atoms with Gasteiger partial charge in [-0.05, 0) is 75.6 Å². The fraction of sp³-hybridized carbons (Fsp3) is 0.576. The number of hydrogen-bond acceptors (Lipinski definition) is 20. The third-order valence-electron chi connectivity index (χ3n) is 16.4. The Morgan fingerprint density at radius 2 is 1.52 bits per heavy atom. The minimum Gasteiger partial charge on any atom is -0.481 e. The molecule has 1 unspecified atom stereocenters. The summed E-state index contributed by atoms with van der Waals surface area (Å²) in [7, 11) is 3.43. The number of esters is 1. The number of likely N-dealkylation sites (N-methyl/N-ethyl adjacent to an activating group) is 2. The molecule has 8 amide bonds. The molecule has 0 aliphatic carbocycles. The van der Waals surface area contributed by atoms with Gasteiger partial charge in [0.05, 0.1) is 31.7 Å². The summed E-state index contributed by atoms with van der Waals surface area (Å²) in [5.74, 6) is -9.74. The number of aromatic nitrogens is 1. The number of hydrogen-bond donors (Lipinski definition) is 10. The highest BCUT2D eigenvalue weighted by atomic mass is 32.1. The first-order chi connectivity index (χ1) is 45.0. The molecular weight excluding hydrogens is 1270 g/mol. The number of aliphatic hydroxyl groups is 3. The lowest BCUT2D eigenvalue weighted by Gasteiger charge is -2.38. The molecule has 10 N–H and O–H groups in total. The number of quaternary nitrogens is 1. The van der Waals surface area contributed by atoms with Gasteiger partial charge in [0, 0.05) is 68.5 Å². The van der Waals surface area contributed by atoms with Crippen LogP contribution in [0.15, 0.2) is 66.1 Å². The first kappa shape index (κ1) is 78.3. The number of nitrogens with one attached hydrogen (secondary N) is 5. The lowest BCUT2D eigenvalue weighted by Crippen LogP contribution is -2.61. The maximum absolute atomic E-state index is 14.9. The highest BCUT2D eigenvalue weighted by Crippen LogP contribution is 2.34. The van der Waals surface area contributed by atoms with Crippen LogP contribution in [0.1, 0.15) is 140 Å². The number of amides is 8. The second kappa shape index (κ2) is 35.5. The first-order valence-corrected chi connectivity index (χ1v) is 32.8. The number of aliphatic hydroxyl groups excluding tert-OH is 3. The maximum atomic E-state index is 14.9. The first-order valence-electron chi connectivity index (χ1n) is 32.0. The number of carbonyl (C=O) groups is 11. The number of carboxylic acid groups (broad SMARTS) is 2. The average molecular weight is 1370 g/mol. The van der Waals surface area contributed by atoms with Crippen LogP contribution in [0.5, 0.6) is 5.75 Å². The maximum Gasteiger partial charge on any atom is 0.407 e. The minimum absolute atomic E-state index is 0.0277. The summed E-state index contributed by atoms with van der Waals surface area (Å²) < 4.78 is 22.4. The largest absolute Gasteiger partial charge is 0.481 e. The van der Waals surface area contributed by atoms with Crippen LogP contribution in [-0.2, 0) is 70.3 Å². The van der Waals surface area contributed by atoms with Gasteiger partial charge in [0.2, 0.25) is 24.0 Å². The molecule has 1 aromatic heterocycles. The fourth-order valence-corrected chi connectivity index (χ4v) is 11.9. The highest BCUT2D eigenvalue weighted by Gasteiger charge is 2.49. The van der Waals surface area contributed by atoms with Crippen LogP contribution < -0.4 is 31.3 Å². The van der Waals surface area contributed by atoms with E-state index >= 15 is 0 Å². The van der Waals surface area contributed by atoms with Crippen LogP contribution in [0.2, 0.25) is 0 Å². The van der Waals surface area contributed by atoms with Gasteiger partial charge in [-0.15, -0.1) is 11.3 Å². The summed E-state index contributed by atoms with van der Waals surface area (Å²) in [5, 5.41) is 66.7. The second-order valence-electron chi connectivity index (χ2n) is 26.0. The molecule has 2 aromatic carbocycles. The highest BCUT2D eigenvalue weighted by molar-refractivity contribution is 7.09. The zero-order chi connectivity index (χ0) is 71.5. The molecule has 1 fully saturated rings. The van der Waals surface area contributed by atoms with Gasteiger partial charge in [-0.1, -0.05) is 84.7 Å². The number of carbonyl (C=O) groups excluding carboxylic acids is 9. The molecule has 0 spiro atoms. The van der Waals surface area contributed by atoms with Gasteiger partial charge in [-0.3, -0.25) is 48.1 Å². The molecule has 1 saturated heterocycles. The number of alkyl carbamates (subject to hydrolysis) is 1. The van der Waals surface area contributed by atoms with Gasteiger partial charge in [0.15, 0.2) is 18.8 Å². The van der Waals surface area contributed by atoms with Gasteiger partial charge >= 0.3 is 24.0 Å². The summed E-state index contributed by atoms with van der Waals surface area (Å²) in [6.45, 7) is 16.5. The van der Waals surface area contributed by atoms with Crippen LogP contribution >= 0.6 is 11.3 Å². The lowest BCUT2D eigenvalue weighted by atomic mass is 9.93. The number of ether oxygens (including phenoxy) is 4. The van der Waals surface area contributed by atoms with Gasteiger partial charge in [-0.2, -0.15) is 0 Å². The Kier molecular flexibility index (Phi) is 29.0. The smallest absolute Gasteiger partial charge is 0.407 e. The molecule has 3 aromatic rings. The predicted octanol–water partition coefficient (Wildman–Crippen LogP) is 3.58. The molecule has 2 aliphatic heterocycles. The molecule has 0 bridgehead atoms. The van der Waals surface area contributed by atoms with E-state index in [9.17, 15) is 78.3 Å². The summed E-state index contributed by atoms with van der Waals surface area (Å²) in [5.41, 5.74) is 0.403. The quantitative estimate of drug-likeness (QED) is 0.0228. The van der Waals surface area contributed by atoms with Gasteiger partial charge in [0.25, 0.3) is 23.6 Å². The monoisotopic (exact) mass is 1360 g/mol. The number of aliphatic carboxylic acids is 2. The number of nitrogens with zero attached hydrogens (tertiary/aromatic N) is 4. The van der Waals surface area contributed by atoms with E-state index in [1.165, 1.54) is 29.3 Å². The SMILES string of the molecule is CCCC[N+](C)(CC(=O)N[C@H](C(=O)N(C)[C@H](C[C@@H](OC(C)=O)c1nc(C(=O)N[C@@H](Cc2ccccc2)C[C@H](C)C(=O)O)cs1)C(C)C)[C@@H](C)CC)Cc1ccc(O[C@@H]2O[C@H](C(=O)O)[C@@H](O)[C@H](O)[C@H]2O)c(NC(=O)CCNC(=O)[C@H](CNC(=O)OC(C)(C)C)N2C(=O)C=CC2=O)c1. The van der Waals surface area contributed by atoms with Gasteiger partial charge in [0.1, 0.15) is 59.0 Å². The summed E-state index contributed by atoms with van der Waals surface area (Å²) in [6, 6.07) is 9.95. The number of benzene rings is 2. The fourth-order valence-electron chi connectivity index (χ4n) is 11.0. The molecule has 96 heavy (non-hydrogen) atoms. The number of imide groups is 1. The van der Waals surface area contributed by atoms with E-state index in [0.717, 1.165) is 29.1 Å². The van der Waals surface area contributed by atoms with Crippen molar-refractivity contribution in [1.82, 2.24) is 36.1 Å². The third-order valence-corrected chi connectivity index (χ3v) is 17.3. The molecule has 2 aliphatic rings. The predicted molar refractivity (Wildman–Crippen MR) is 348 cm³/mol. The van der Waals surface area contributed by atoms with E-state index in [-0.39, 0.29) is 58.5 Å². The van der Waals surface area contributed by atoms with E-state index in [1.54, 1.807) is 40.8 Å². The molecule has 0 radical (unpaired) electrons. The Morgan fingerprint density at radius 1 is 0.854 bits per heavy atom. The lowest BCUT2D eigenvalue weighted by molar-refractivity contribution is -0.915. The molecule has 528 valence electrons. The summed E-state index contributed by atoms with van der Waals surface area (Å²) in [6.07, 6.45) is -8.18. The molecule has 13 atom stereocenters. The van der Waals surface area contributed by atoms with Crippen molar-refractivity contribution in [2.45, 2.75) is 187 Å². The summed E-state index contributed by atoms with van der Waals surface area (Å²) >= 11 is 1.09. The van der Waals surface area contributed by atoms with Crippen molar-refractivity contribution in [3.8, 4) is 5.75 Å². The number of rotatable bonds is 35. The zero-order valence-corrected chi connectivity index (χ0v) is 57.2. The topological polar surface area (TPSA) is 405 Å². The van der Waals surface area contributed by atoms with Crippen LogP contribution in [0.4, 0.5) is 10.5 Å². The van der Waals surface area contributed by atoms with Crippen molar-refractivity contribution in [2.75, 3.05) is 45.6 Å².